The third-order valence-electron chi connectivity index (χ3n) is 5.88. The van der Waals surface area contributed by atoms with Crippen LogP contribution in [0.2, 0.25) is 0 Å². The summed E-state index contributed by atoms with van der Waals surface area (Å²) < 4.78 is 19.3. The molecule has 0 radical (unpaired) electrons. The van der Waals surface area contributed by atoms with E-state index in [0.29, 0.717) is 56.1 Å². The number of hydrogen-bond acceptors (Lipinski definition) is 5. The van der Waals surface area contributed by atoms with Crippen LogP contribution < -0.4 is 10.6 Å². The maximum absolute atomic E-state index is 14.0. The van der Waals surface area contributed by atoms with Gasteiger partial charge in [0, 0.05) is 51.0 Å². The van der Waals surface area contributed by atoms with Gasteiger partial charge in [0.1, 0.15) is 5.82 Å². The fourth-order valence-electron chi connectivity index (χ4n) is 4.25. The lowest BCUT2D eigenvalue weighted by Crippen LogP contribution is -2.55. The molecule has 4 amide bonds. The molecule has 0 aromatic heterocycles. The van der Waals surface area contributed by atoms with Crippen LogP contribution in [-0.4, -0.2) is 84.6 Å². The van der Waals surface area contributed by atoms with Crippen LogP contribution in [-0.2, 0) is 9.53 Å². The molecule has 2 heterocycles. The number of likely N-dealkylation sites (N-methyl/N-ethyl adjacent to an activating group) is 1. The molecule has 3 rings (SSSR count). The number of hydrogen-bond donors (Lipinski definition) is 2. The second kappa shape index (κ2) is 11.3. The van der Waals surface area contributed by atoms with Gasteiger partial charge in [-0.15, -0.1) is 0 Å². The maximum Gasteiger partial charge on any atom is 0.338 e. The van der Waals surface area contributed by atoms with Crippen molar-refractivity contribution in [2.24, 2.45) is 0 Å². The topological polar surface area (TPSA) is 94.2 Å². The van der Waals surface area contributed by atoms with Crippen LogP contribution in [0, 0.1) is 5.82 Å². The van der Waals surface area contributed by atoms with E-state index in [4.69, 9.17) is 4.74 Å². The van der Waals surface area contributed by atoms with E-state index in [-0.39, 0.29) is 24.7 Å². The van der Waals surface area contributed by atoms with Gasteiger partial charge in [0.25, 0.3) is 0 Å². The first kappa shape index (κ1) is 25.5. The minimum absolute atomic E-state index is 0.0569. The number of ether oxygens (including phenoxy) is 1. The van der Waals surface area contributed by atoms with Crippen molar-refractivity contribution in [3.05, 3.63) is 46.9 Å². The third kappa shape index (κ3) is 5.85. The zero-order valence-corrected chi connectivity index (χ0v) is 20.3. The van der Waals surface area contributed by atoms with E-state index in [1.807, 2.05) is 20.8 Å². The zero-order valence-electron chi connectivity index (χ0n) is 20.3. The van der Waals surface area contributed by atoms with E-state index in [1.165, 1.54) is 17.0 Å². The number of esters is 1. The van der Waals surface area contributed by atoms with Gasteiger partial charge in [-0.3, -0.25) is 9.80 Å². The Kier molecular flexibility index (Phi) is 8.49. The number of amides is 4. The van der Waals surface area contributed by atoms with Gasteiger partial charge in [-0.2, -0.15) is 0 Å². The van der Waals surface area contributed by atoms with E-state index < -0.39 is 17.8 Å². The van der Waals surface area contributed by atoms with Gasteiger partial charge in [0.05, 0.1) is 18.2 Å². The van der Waals surface area contributed by atoms with E-state index in [2.05, 4.69) is 15.5 Å². The first-order chi connectivity index (χ1) is 16.2. The Morgan fingerprint density at radius 1 is 1.21 bits per heavy atom. The second-order valence-electron chi connectivity index (χ2n) is 8.63. The van der Waals surface area contributed by atoms with Crippen molar-refractivity contribution in [1.29, 1.82) is 0 Å². The van der Waals surface area contributed by atoms with Gasteiger partial charge in [-0.1, -0.05) is 12.1 Å². The maximum atomic E-state index is 14.0. The van der Waals surface area contributed by atoms with E-state index in [9.17, 15) is 18.8 Å². The molecule has 9 nitrogen and oxygen atoms in total. The molecule has 0 spiro atoms. The highest BCUT2D eigenvalue weighted by Crippen LogP contribution is 2.32. The van der Waals surface area contributed by atoms with Gasteiger partial charge in [0.2, 0.25) is 0 Å². The van der Waals surface area contributed by atoms with Crippen molar-refractivity contribution in [3.63, 3.8) is 0 Å². The fourth-order valence-corrected chi connectivity index (χ4v) is 4.25. The minimum atomic E-state index is -0.821. The third-order valence-corrected chi connectivity index (χ3v) is 5.88. The number of piperazine rings is 1. The standard InChI is InChI=1S/C24H34FN5O4/c1-5-30-19(15-28-10-12-29(13-11-28)23(32)26-16(3)4)20(22(31)34-6-2)21(27-24(30)33)17-8-7-9-18(25)14-17/h7-9,14,16,21H,5-6,10-13,15H2,1-4H3,(H,26,32)(H,27,33). The number of halogens is 1. The van der Waals surface area contributed by atoms with Crippen molar-refractivity contribution in [2.75, 3.05) is 45.9 Å². The molecule has 1 atom stereocenters. The Morgan fingerprint density at radius 3 is 2.50 bits per heavy atom. The summed E-state index contributed by atoms with van der Waals surface area (Å²) >= 11 is 0. The van der Waals surface area contributed by atoms with Crippen LogP contribution in [0.1, 0.15) is 39.3 Å². The molecule has 34 heavy (non-hydrogen) atoms. The monoisotopic (exact) mass is 475 g/mol. The summed E-state index contributed by atoms with van der Waals surface area (Å²) in [5.41, 5.74) is 1.31. The normalized spacial score (nSPS) is 19.4. The number of carbonyl (C=O) groups is 3. The minimum Gasteiger partial charge on any atom is -0.463 e. The van der Waals surface area contributed by atoms with Gasteiger partial charge in [0.15, 0.2) is 0 Å². The Hall–Kier alpha value is -3.14. The average molecular weight is 476 g/mol. The van der Waals surface area contributed by atoms with Gasteiger partial charge >= 0.3 is 18.0 Å². The summed E-state index contributed by atoms with van der Waals surface area (Å²) in [7, 11) is 0. The molecule has 10 heteroatoms. The summed E-state index contributed by atoms with van der Waals surface area (Å²) in [6.45, 7) is 10.5. The summed E-state index contributed by atoms with van der Waals surface area (Å²) in [6.07, 6.45) is 0. The highest BCUT2D eigenvalue weighted by atomic mass is 19.1. The molecule has 2 N–H and O–H groups in total. The summed E-state index contributed by atoms with van der Waals surface area (Å²) in [4.78, 5) is 43.8. The molecule has 0 bridgehead atoms. The molecule has 186 valence electrons. The van der Waals surface area contributed by atoms with Gasteiger partial charge in [-0.25, -0.2) is 18.8 Å². The lowest BCUT2D eigenvalue weighted by atomic mass is 9.94. The number of rotatable bonds is 7. The van der Waals surface area contributed by atoms with E-state index in [0.717, 1.165) is 0 Å². The first-order valence-electron chi connectivity index (χ1n) is 11.8. The number of nitrogens with zero attached hydrogens (tertiary/aromatic N) is 3. The zero-order chi connectivity index (χ0) is 24.8. The predicted molar refractivity (Wildman–Crippen MR) is 125 cm³/mol. The molecule has 2 aliphatic rings. The lowest BCUT2D eigenvalue weighted by Gasteiger charge is -2.40. The summed E-state index contributed by atoms with van der Waals surface area (Å²) in [5, 5.41) is 5.74. The van der Waals surface area contributed by atoms with Crippen molar-refractivity contribution in [2.45, 2.75) is 39.8 Å². The number of nitrogens with one attached hydrogen (secondary N) is 2. The summed E-state index contributed by atoms with van der Waals surface area (Å²) in [6, 6.07) is 4.64. The van der Waals surface area contributed by atoms with Gasteiger partial charge < -0.3 is 20.3 Å². The largest absolute Gasteiger partial charge is 0.463 e. The highest BCUT2D eigenvalue weighted by molar-refractivity contribution is 5.95. The molecular weight excluding hydrogens is 441 g/mol. The lowest BCUT2D eigenvalue weighted by molar-refractivity contribution is -0.139. The average Bonchev–Trinajstić information content (AvgIpc) is 2.79. The van der Waals surface area contributed by atoms with Crippen LogP contribution in [0.3, 0.4) is 0 Å². The molecule has 1 fully saturated rings. The Balaban J connectivity index is 1.91. The molecule has 1 aromatic rings. The van der Waals surface area contributed by atoms with Crippen LogP contribution in [0.4, 0.5) is 14.0 Å². The smallest absolute Gasteiger partial charge is 0.338 e. The molecule has 1 aromatic carbocycles. The van der Waals surface area contributed by atoms with Crippen LogP contribution in [0.5, 0.6) is 0 Å². The van der Waals surface area contributed by atoms with Gasteiger partial charge in [-0.05, 0) is 45.4 Å². The molecule has 1 saturated heterocycles. The Bertz CT molecular complexity index is 943. The van der Waals surface area contributed by atoms with Crippen LogP contribution in [0.15, 0.2) is 35.5 Å². The number of urea groups is 2. The molecule has 0 saturated carbocycles. The van der Waals surface area contributed by atoms with Crippen molar-refractivity contribution in [3.8, 4) is 0 Å². The van der Waals surface area contributed by atoms with Crippen molar-refractivity contribution < 1.29 is 23.5 Å². The Labute approximate surface area is 199 Å². The predicted octanol–water partition coefficient (Wildman–Crippen LogP) is 2.46. The number of benzene rings is 1. The van der Waals surface area contributed by atoms with E-state index >= 15 is 0 Å². The summed E-state index contributed by atoms with van der Waals surface area (Å²) in [5.74, 6) is -0.995. The van der Waals surface area contributed by atoms with Crippen LogP contribution >= 0.6 is 0 Å². The van der Waals surface area contributed by atoms with Crippen molar-refractivity contribution in [1.82, 2.24) is 25.3 Å². The fraction of sp³-hybridized carbons (Fsp3) is 0.542. The Morgan fingerprint density at radius 2 is 1.91 bits per heavy atom. The number of carbonyl (C=O) groups excluding carboxylic acids is 3. The van der Waals surface area contributed by atoms with Crippen molar-refractivity contribution >= 4 is 18.0 Å². The molecule has 0 aliphatic carbocycles. The van der Waals surface area contributed by atoms with E-state index in [1.54, 1.807) is 24.0 Å². The molecular formula is C24H34FN5O4. The quantitative estimate of drug-likeness (QED) is 0.591. The first-order valence-corrected chi connectivity index (χ1v) is 11.8. The molecule has 2 aliphatic heterocycles. The van der Waals surface area contributed by atoms with Crippen LogP contribution in [0.25, 0.3) is 0 Å². The highest BCUT2D eigenvalue weighted by Gasteiger charge is 2.38. The second-order valence-corrected chi connectivity index (χ2v) is 8.63. The SMILES string of the molecule is CCOC(=O)C1=C(CN2CCN(C(=O)NC(C)C)CC2)N(CC)C(=O)NC1c1cccc(F)c1. The molecule has 1 unspecified atom stereocenters.